The number of hydrogen-bond acceptors (Lipinski definition) is 3. The van der Waals surface area contributed by atoms with Crippen LogP contribution in [0.15, 0.2) is 30.3 Å². The van der Waals surface area contributed by atoms with Crippen molar-refractivity contribution in [2.24, 2.45) is 0 Å². The Hall–Kier alpha value is -2.08. The number of nitrogens with zero attached hydrogens (tertiary/aromatic N) is 2. The Labute approximate surface area is 125 Å². The van der Waals surface area contributed by atoms with Crippen molar-refractivity contribution in [2.75, 3.05) is 33.7 Å². The number of benzene rings is 1. The molecule has 0 radical (unpaired) electrons. The molecule has 0 aromatic heterocycles. The lowest BCUT2D eigenvalue weighted by molar-refractivity contribution is -0.133. The summed E-state index contributed by atoms with van der Waals surface area (Å²) in [6.45, 7) is 2.20. The Morgan fingerprint density at radius 3 is 2.71 bits per heavy atom. The molecule has 1 atom stereocenters. The minimum Gasteiger partial charge on any atom is -0.347 e. The largest absolute Gasteiger partial charge is 0.347 e. The average Bonchev–Trinajstić information content (AvgIpc) is 2.52. The van der Waals surface area contributed by atoms with E-state index in [2.05, 4.69) is 10.6 Å². The Kier molecular flexibility index (Phi) is 5.16. The summed E-state index contributed by atoms with van der Waals surface area (Å²) in [5.74, 6) is -0.0583. The standard InChI is InChI=1S/C15H22N4O2/c1-18(2)14(20)13-11-16-8-9-19(13)15(21)17-10-12-6-4-3-5-7-12/h3-7,13,16H,8-11H2,1-2H3,(H,17,21). The average molecular weight is 290 g/mol. The van der Waals surface area contributed by atoms with Crippen LogP contribution in [0.2, 0.25) is 0 Å². The Morgan fingerprint density at radius 2 is 2.05 bits per heavy atom. The number of rotatable bonds is 3. The maximum absolute atomic E-state index is 12.3. The monoisotopic (exact) mass is 290 g/mol. The molecular weight excluding hydrogens is 268 g/mol. The van der Waals surface area contributed by atoms with Crippen molar-refractivity contribution in [3.8, 4) is 0 Å². The number of carbonyl (C=O) groups excluding carboxylic acids is 2. The molecule has 6 heteroatoms. The summed E-state index contributed by atoms with van der Waals surface area (Å²) in [7, 11) is 3.41. The van der Waals surface area contributed by atoms with Crippen molar-refractivity contribution in [3.63, 3.8) is 0 Å². The summed E-state index contributed by atoms with van der Waals surface area (Å²) >= 11 is 0. The molecule has 21 heavy (non-hydrogen) atoms. The molecule has 0 bridgehead atoms. The molecule has 1 aromatic carbocycles. The molecule has 1 aromatic rings. The summed E-state index contributed by atoms with van der Waals surface area (Å²) in [6.07, 6.45) is 0. The molecule has 1 saturated heterocycles. The topological polar surface area (TPSA) is 64.7 Å². The Balaban J connectivity index is 1.97. The van der Waals surface area contributed by atoms with E-state index in [1.165, 1.54) is 4.90 Å². The number of piperazine rings is 1. The van der Waals surface area contributed by atoms with E-state index < -0.39 is 6.04 Å². The minimum absolute atomic E-state index is 0.0583. The van der Waals surface area contributed by atoms with Gasteiger partial charge in [0, 0.05) is 40.3 Å². The first-order valence-corrected chi connectivity index (χ1v) is 7.10. The summed E-state index contributed by atoms with van der Waals surface area (Å²) in [6, 6.07) is 9.09. The van der Waals surface area contributed by atoms with E-state index in [1.807, 2.05) is 30.3 Å². The predicted octanol–water partition coefficient (Wildman–Crippen LogP) is 0.258. The number of nitrogens with one attached hydrogen (secondary N) is 2. The van der Waals surface area contributed by atoms with Crippen LogP contribution in [0.3, 0.4) is 0 Å². The van der Waals surface area contributed by atoms with Crippen LogP contribution in [0, 0.1) is 0 Å². The van der Waals surface area contributed by atoms with Crippen LogP contribution < -0.4 is 10.6 Å². The summed E-state index contributed by atoms with van der Waals surface area (Å²) in [4.78, 5) is 27.6. The number of carbonyl (C=O) groups is 2. The highest BCUT2D eigenvalue weighted by molar-refractivity contribution is 5.87. The van der Waals surface area contributed by atoms with Gasteiger partial charge in [0.25, 0.3) is 0 Å². The number of urea groups is 1. The normalized spacial score (nSPS) is 18.2. The van der Waals surface area contributed by atoms with Crippen LogP contribution in [0.4, 0.5) is 4.79 Å². The SMILES string of the molecule is CN(C)C(=O)C1CNCCN1C(=O)NCc1ccccc1. The van der Waals surface area contributed by atoms with Gasteiger partial charge in [-0.15, -0.1) is 0 Å². The van der Waals surface area contributed by atoms with Crippen molar-refractivity contribution in [2.45, 2.75) is 12.6 Å². The lowest BCUT2D eigenvalue weighted by Gasteiger charge is -2.36. The first-order chi connectivity index (χ1) is 10.1. The maximum Gasteiger partial charge on any atom is 0.318 e. The van der Waals surface area contributed by atoms with Crippen LogP contribution in [-0.4, -0.2) is 61.5 Å². The maximum atomic E-state index is 12.3. The van der Waals surface area contributed by atoms with E-state index in [-0.39, 0.29) is 11.9 Å². The third-order valence-corrected chi connectivity index (χ3v) is 3.52. The lowest BCUT2D eigenvalue weighted by Crippen LogP contribution is -2.61. The predicted molar refractivity (Wildman–Crippen MR) is 80.7 cm³/mol. The molecule has 2 N–H and O–H groups in total. The van der Waals surface area contributed by atoms with Crippen molar-refractivity contribution in [1.82, 2.24) is 20.4 Å². The third-order valence-electron chi connectivity index (χ3n) is 3.52. The molecule has 1 aliphatic rings. The fourth-order valence-corrected chi connectivity index (χ4v) is 2.34. The number of amides is 3. The first-order valence-electron chi connectivity index (χ1n) is 7.10. The van der Waals surface area contributed by atoms with Gasteiger partial charge in [0.2, 0.25) is 5.91 Å². The van der Waals surface area contributed by atoms with Gasteiger partial charge < -0.3 is 20.4 Å². The second-order valence-corrected chi connectivity index (χ2v) is 5.29. The number of hydrogen-bond donors (Lipinski definition) is 2. The molecular formula is C15H22N4O2. The molecule has 6 nitrogen and oxygen atoms in total. The quantitative estimate of drug-likeness (QED) is 0.839. The fraction of sp³-hybridized carbons (Fsp3) is 0.467. The van der Waals surface area contributed by atoms with E-state index in [0.717, 1.165) is 5.56 Å². The smallest absolute Gasteiger partial charge is 0.318 e. The van der Waals surface area contributed by atoms with Gasteiger partial charge in [-0.05, 0) is 5.56 Å². The van der Waals surface area contributed by atoms with E-state index >= 15 is 0 Å². The highest BCUT2D eigenvalue weighted by Gasteiger charge is 2.32. The van der Waals surface area contributed by atoms with Crippen molar-refractivity contribution < 1.29 is 9.59 Å². The van der Waals surface area contributed by atoms with E-state index in [0.29, 0.717) is 26.2 Å². The molecule has 0 aliphatic carbocycles. The van der Waals surface area contributed by atoms with Gasteiger partial charge in [0.05, 0.1) is 0 Å². The van der Waals surface area contributed by atoms with Crippen LogP contribution in [0.1, 0.15) is 5.56 Å². The summed E-state index contributed by atoms with van der Waals surface area (Å²) < 4.78 is 0. The molecule has 2 rings (SSSR count). The Morgan fingerprint density at radius 1 is 1.33 bits per heavy atom. The molecule has 1 unspecified atom stereocenters. The molecule has 3 amide bonds. The molecule has 1 heterocycles. The van der Waals surface area contributed by atoms with Gasteiger partial charge in [-0.3, -0.25) is 4.79 Å². The van der Waals surface area contributed by atoms with Gasteiger partial charge in [-0.25, -0.2) is 4.79 Å². The zero-order chi connectivity index (χ0) is 15.2. The lowest BCUT2D eigenvalue weighted by atomic mass is 10.1. The van der Waals surface area contributed by atoms with Crippen LogP contribution >= 0.6 is 0 Å². The van der Waals surface area contributed by atoms with Crippen LogP contribution in [0.25, 0.3) is 0 Å². The molecule has 1 fully saturated rings. The van der Waals surface area contributed by atoms with Crippen molar-refractivity contribution in [1.29, 1.82) is 0 Å². The summed E-state index contributed by atoms with van der Waals surface area (Å²) in [5, 5.41) is 6.04. The van der Waals surface area contributed by atoms with Crippen LogP contribution in [-0.2, 0) is 11.3 Å². The second-order valence-electron chi connectivity index (χ2n) is 5.29. The van der Waals surface area contributed by atoms with Crippen molar-refractivity contribution >= 4 is 11.9 Å². The molecule has 0 spiro atoms. The zero-order valence-electron chi connectivity index (χ0n) is 12.5. The highest BCUT2D eigenvalue weighted by Crippen LogP contribution is 2.07. The first kappa shape index (κ1) is 15.3. The fourth-order valence-electron chi connectivity index (χ4n) is 2.34. The minimum atomic E-state index is -0.440. The van der Waals surface area contributed by atoms with Crippen molar-refractivity contribution in [3.05, 3.63) is 35.9 Å². The second kappa shape index (κ2) is 7.08. The van der Waals surface area contributed by atoms with E-state index in [9.17, 15) is 9.59 Å². The van der Waals surface area contributed by atoms with E-state index in [1.54, 1.807) is 19.0 Å². The van der Waals surface area contributed by atoms with Gasteiger partial charge >= 0.3 is 6.03 Å². The third kappa shape index (κ3) is 3.95. The number of likely N-dealkylation sites (N-methyl/N-ethyl adjacent to an activating group) is 1. The van der Waals surface area contributed by atoms with Gasteiger partial charge in [0.1, 0.15) is 6.04 Å². The van der Waals surface area contributed by atoms with Gasteiger partial charge in [-0.1, -0.05) is 30.3 Å². The van der Waals surface area contributed by atoms with E-state index in [4.69, 9.17) is 0 Å². The highest BCUT2D eigenvalue weighted by atomic mass is 16.2. The molecule has 114 valence electrons. The zero-order valence-corrected chi connectivity index (χ0v) is 12.5. The van der Waals surface area contributed by atoms with Crippen LogP contribution in [0.5, 0.6) is 0 Å². The molecule has 0 saturated carbocycles. The summed E-state index contributed by atoms with van der Waals surface area (Å²) in [5.41, 5.74) is 1.04. The Bertz CT molecular complexity index is 490. The molecule has 1 aliphatic heterocycles. The van der Waals surface area contributed by atoms with Gasteiger partial charge in [-0.2, -0.15) is 0 Å². The van der Waals surface area contributed by atoms with Gasteiger partial charge in [0.15, 0.2) is 0 Å².